The Labute approximate surface area is 355 Å². The summed E-state index contributed by atoms with van der Waals surface area (Å²) in [4.78, 5) is 89.2. The Bertz CT molecular complexity index is 2350. The number of aromatic nitrogens is 1. The van der Waals surface area contributed by atoms with Gasteiger partial charge in [0.1, 0.15) is 11.9 Å². The lowest BCUT2D eigenvalue weighted by atomic mass is 10.0. The number of hydrogen-bond donors (Lipinski definition) is 4. The van der Waals surface area contributed by atoms with Crippen molar-refractivity contribution in [3.8, 4) is 0 Å². The molecule has 0 aliphatic carbocycles. The van der Waals surface area contributed by atoms with E-state index in [0.717, 1.165) is 28.9 Å². The van der Waals surface area contributed by atoms with Gasteiger partial charge in [-0.3, -0.25) is 33.8 Å². The van der Waals surface area contributed by atoms with Crippen LogP contribution in [0.15, 0.2) is 114 Å². The quantitative estimate of drug-likeness (QED) is 0.0937. The number of fused-ring (bicyclic) bond motifs is 1. The van der Waals surface area contributed by atoms with Gasteiger partial charge >= 0.3 is 0 Å². The average molecular weight is 823 g/mol. The molecule has 0 bridgehead atoms. The van der Waals surface area contributed by atoms with Gasteiger partial charge < -0.3 is 26.6 Å². The lowest BCUT2D eigenvalue weighted by molar-refractivity contribution is -0.129. The monoisotopic (exact) mass is 822 g/mol. The van der Waals surface area contributed by atoms with E-state index in [9.17, 15) is 28.8 Å². The summed E-state index contributed by atoms with van der Waals surface area (Å²) in [6.45, 7) is 5.46. The number of carbonyl (C=O) groups excluding carboxylic acids is 6. The maximum absolute atomic E-state index is 13.6. The fourth-order valence-corrected chi connectivity index (χ4v) is 7.14. The van der Waals surface area contributed by atoms with Crippen molar-refractivity contribution in [1.29, 1.82) is 0 Å². The lowest BCUT2D eigenvalue weighted by Crippen LogP contribution is -2.47. The highest BCUT2D eigenvalue weighted by Gasteiger charge is 2.26. The third kappa shape index (κ3) is 11.7. The van der Waals surface area contributed by atoms with Crippen LogP contribution in [0.2, 0.25) is 0 Å². The average Bonchev–Trinajstić information content (AvgIpc) is 3.49. The normalized spacial score (nSPS) is 13.7. The van der Waals surface area contributed by atoms with Crippen LogP contribution in [-0.2, 0) is 43.4 Å². The summed E-state index contributed by atoms with van der Waals surface area (Å²) in [5, 5.41) is 8.67. The van der Waals surface area contributed by atoms with Crippen LogP contribution in [0, 0.1) is 0 Å². The van der Waals surface area contributed by atoms with Crippen molar-refractivity contribution in [3.05, 3.63) is 137 Å². The van der Waals surface area contributed by atoms with Crippen molar-refractivity contribution in [3.63, 3.8) is 0 Å². The molecule has 14 heteroatoms. The zero-order valence-corrected chi connectivity index (χ0v) is 34.4. The van der Waals surface area contributed by atoms with Crippen LogP contribution in [0.5, 0.6) is 0 Å². The summed E-state index contributed by atoms with van der Waals surface area (Å²) < 4.78 is 0. The number of anilines is 2. The third-order valence-electron chi connectivity index (χ3n) is 10.1. The van der Waals surface area contributed by atoms with Crippen LogP contribution < -0.4 is 26.6 Å². The van der Waals surface area contributed by atoms with Crippen molar-refractivity contribution in [2.24, 2.45) is 10.7 Å². The van der Waals surface area contributed by atoms with Crippen LogP contribution in [0.25, 0.3) is 6.08 Å². The maximum Gasteiger partial charge on any atom is 0.258 e. The molecule has 314 valence electrons. The smallest absolute Gasteiger partial charge is 0.258 e. The van der Waals surface area contributed by atoms with Gasteiger partial charge in [0.15, 0.2) is 0 Å². The summed E-state index contributed by atoms with van der Waals surface area (Å²) in [5.41, 5.74) is 11.6. The molecule has 1 atom stereocenters. The molecule has 0 spiro atoms. The van der Waals surface area contributed by atoms with Gasteiger partial charge in [-0.15, -0.1) is 0 Å². The Morgan fingerprint density at radius 2 is 1.57 bits per heavy atom. The molecule has 61 heavy (non-hydrogen) atoms. The predicted molar refractivity (Wildman–Crippen MR) is 235 cm³/mol. The van der Waals surface area contributed by atoms with E-state index >= 15 is 0 Å². The second kappa shape index (κ2) is 20.7. The summed E-state index contributed by atoms with van der Waals surface area (Å²) in [6, 6.07) is 22.3. The zero-order valence-electron chi connectivity index (χ0n) is 34.4. The van der Waals surface area contributed by atoms with Crippen LogP contribution in [0.1, 0.15) is 78.6 Å². The number of pyridine rings is 1. The van der Waals surface area contributed by atoms with Gasteiger partial charge in [0.25, 0.3) is 17.7 Å². The van der Waals surface area contributed by atoms with Crippen LogP contribution in [0.4, 0.5) is 17.1 Å². The van der Waals surface area contributed by atoms with Crippen molar-refractivity contribution in [2.75, 3.05) is 23.3 Å². The molecule has 5 N–H and O–H groups in total. The van der Waals surface area contributed by atoms with Crippen molar-refractivity contribution < 1.29 is 28.8 Å². The molecule has 3 aromatic carbocycles. The highest BCUT2D eigenvalue weighted by Crippen LogP contribution is 2.29. The Kier molecular flexibility index (Phi) is 14.7. The minimum Gasteiger partial charge on any atom is -0.387 e. The lowest BCUT2D eigenvalue weighted by Gasteiger charge is -2.22. The second-order valence-electron chi connectivity index (χ2n) is 14.9. The Morgan fingerprint density at radius 1 is 0.852 bits per heavy atom. The fraction of sp³-hybridized carbons (Fsp3) is 0.277. The van der Waals surface area contributed by atoms with Gasteiger partial charge in [-0.25, -0.2) is 9.89 Å². The number of aryl methyl sites for hydroxylation is 1. The summed E-state index contributed by atoms with van der Waals surface area (Å²) >= 11 is 0. The number of nitrogens with zero attached hydrogens (tertiary/aromatic N) is 4. The SMILES string of the molecule is CCCN(CCC)C(=O)C1=Cc2ccc(C(=O)Nc3cncc(CNC(=O)[C@H](Cc4ccccc4)NC(=O)CCCc4ccc(N5C(=O)C=CC5=O)cc4)c3)cc2N=C(N)C1. The van der Waals surface area contributed by atoms with E-state index in [1.165, 1.54) is 18.3 Å². The first-order valence-corrected chi connectivity index (χ1v) is 20.5. The number of aliphatic imine (C=N–C) groups is 1. The molecule has 2 aliphatic rings. The molecule has 6 rings (SSSR count). The summed E-state index contributed by atoms with van der Waals surface area (Å²) in [6.07, 6.45) is 10.8. The number of imide groups is 1. The van der Waals surface area contributed by atoms with E-state index < -0.39 is 11.9 Å². The third-order valence-corrected chi connectivity index (χ3v) is 10.1. The van der Waals surface area contributed by atoms with Crippen molar-refractivity contribution in [2.45, 2.75) is 71.4 Å². The minimum atomic E-state index is -0.852. The Balaban J connectivity index is 1.04. The largest absolute Gasteiger partial charge is 0.387 e. The number of nitrogens with one attached hydrogen (secondary N) is 3. The number of amidine groups is 1. The first kappa shape index (κ1) is 43.4. The summed E-state index contributed by atoms with van der Waals surface area (Å²) in [5.74, 6) is -1.62. The molecular formula is C47H50N8O6. The number of nitrogens with two attached hydrogens (primary N) is 1. The number of carbonyl (C=O) groups is 6. The molecular weight excluding hydrogens is 773 g/mol. The number of hydrogen-bond acceptors (Lipinski definition) is 9. The molecule has 2 aliphatic heterocycles. The highest BCUT2D eigenvalue weighted by molar-refractivity contribution is 6.28. The van der Waals surface area contributed by atoms with E-state index in [0.29, 0.717) is 65.3 Å². The Morgan fingerprint density at radius 3 is 2.28 bits per heavy atom. The van der Waals surface area contributed by atoms with Gasteiger partial charge in [-0.1, -0.05) is 62.4 Å². The molecule has 0 fully saturated rings. The molecule has 3 heterocycles. The van der Waals surface area contributed by atoms with E-state index in [-0.39, 0.29) is 61.2 Å². The topological polar surface area (TPSA) is 196 Å². The Hall–Kier alpha value is -7.22. The predicted octanol–water partition coefficient (Wildman–Crippen LogP) is 5.55. The van der Waals surface area contributed by atoms with E-state index in [4.69, 9.17) is 5.73 Å². The number of benzene rings is 3. The van der Waals surface area contributed by atoms with Crippen LogP contribution in [-0.4, -0.2) is 70.3 Å². The molecule has 0 saturated carbocycles. The first-order chi connectivity index (χ1) is 29.5. The molecule has 14 nitrogen and oxygen atoms in total. The van der Waals surface area contributed by atoms with Gasteiger partial charge in [0.05, 0.1) is 23.3 Å². The standard InChI is InChI=1S/C47H50N8O6/c1-3-21-54(22-4-2)47(61)36-25-34-15-16-35(26-39(34)52-41(48)27-36)45(59)51-37-23-33(28-49-30-37)29-50-46(60)40(24-32-9-6-5-7-10-32)53-42(56)12-8-11-31-13-17-38(18-14-31)55-43(57)19-20-44(55)58/h5-7,9-10,13-20,23,25-26,28,30,40H,3-4,8,11-12,21-22,24,27,29H2,1-2H3,(H2,48,52)(H,50,60)(H,51,59)(H,53,56)/t40-/m0/s1. The van der Waals surface area contributed by atoms with E-state index in [1.54, 1.807) is 48.7 Å². The van der Waals surface area contributed by atoms with Crippen LogP contribution >= 0.6 is 0 Å². The van der Waals surface area contributed by atoms with Crippen molar-refractivity contribution >= 4 is 64.4 Å². The van der Waals surface area contributed by atoms with Crippen LogP contribution in [0.3, 0.4) is 0 Å². The van der Waals surface area contributed by atoms with E-state index in [2.05, 4.69) is 25.9 Å². The maximum atomic E-state index is 13.6. The van der Waals surface area contributed by atoms with Crippen molar-refractivity contribution in [1.82, 2.24) is 20.5 Å². The minimum absolute atomic E-state index is 0.0690. The molecule has 0 unspecified atom stereocenters. The summed E-state index contributed by atoms with van der Waals surface area (Å²) in [7, 11) is 0. The molecule has 6 amide bonds. The number of amides is 6. The highest BCUT2D eigenvalue weighted by atomic mass is 16.2. The molecule has 0 saturated heterocycles. The zero-order chi connectivity index (χ0) is 43.3. The number of rotatable bonds is 18. The van der Waals surface area contributed by atoms with Gasteiger partial charge in [0.2, 0.25) is 17.7 Å². The van der Waals surface area contributed by atoms with Gasteiger partial charge in [0, 0.05) is 73.9 Å². The van der Waals surface area contributed by atoms with E-state index in [1.807, 2.05) is 61.2 Å². The second-order valence-corrected chi connectivity index (χ2v) is 14.9. The molecule has 0 radical (unpaired) electrons. The first-order valence-electron chi connectivity index (χ1n) is 20.5. The van der Waals surface area contributed by atoms with Gasteiger partial charge in [-0.2, -0.15) is 0 Å². The fourth-order valence-electron chi connectivity index (χ4n) is 7.14. The molecule has 1 aromatic heterocycles. The molecule has 4 aromatic rings. The van der Waals surface area contributed by atoms with Gasteiger partial charge in [-0.05, 0) is 78.8 Å².